The summed E-state index contributed by atoms with van der Waals surface area (Å²) in [5.74, 6) is -0.181. The zero-order valence-electron chi connectivity index (χ0n) is 10.1. The minimum Gasteiger partial charge on any atom is -0.288 e. The predicted octanol–water partition coefficient (Wildman–Crippen LogP) is 1.31. The molecule has 3 aromatic rings. The molecule has 19 heavy (non-hydrogen) atoms. The summed E-state index contributed by atoms with van der Waals surface area (Å²) in [5.41, 5.74) is 2.20. The van der Waals surface area contributed by atoms with Crippen LogP contribution in [-0.2, 0) is 0 Å². The number of rotatable bonds is 2. The number of hydrogen-bond donors (Lipinski definition) is 2. The van der Waals surface area contributed by atoms with Crippen molar-refractivity contribution in [2.45, 2.75) is 6.92 Å². The van der Waals surface area contributed by atoms with Gasteiger partial charge in [0.25, 0.3) is 11.9 Å². The van der Waals surface area contributed by atoms with Crippen LogP contribution < -0.4 is 5.32 Å². The number of H-pyrrole nitrogens is 1. The van der Waals surface area contributed by atoms with E-state index in [4.69, 9.17) is 0 Å². The van der Waals surface area contributed by atoms with Crippen molar-refractivity contribution in [3.63, 3.8) is 0 Å². The number of tetrazole rings is 1. The summed E-state index contributed by atoms with van der Waals surface area (Å²) < 4.78 is 0. The minimum atomic E-state index is -0.315. The van der Waals surface area contributed by atoms with E-state index in [2.05, 4.69) is 30.9 Å². The summed E-state index contributed by atoms with van der Waals surface area (Å²) >= 11 is 0. The fourth-order valence-electron chi connectivity index (χ4n) is 1.88. The Labute approximate surface area is 108 Å². The van der Waals surface area contributed by atoms with Gasteiger partial charge in [0, 0.05) is 11.6 Å². The minimum absolute atomic E-state index is 0.134. The van der Waals surface area contributed by atoms with Gasteiger partial charge in [-0.2, -0.15) is 5.21 Å². The molecule has 0 aliphatic rings. The monoisotopic (exact) mass is 254 g/mol. The molecule has 0 bridgehead atoms. The van der Waals surface area contributed by atoms with Crippen molar-refractivity contribution in [1.82, 2.24) is 25.6 Å². The second-order valence-corrected chi connectivity index (χ2v) is 4.02. The smallest absolute Gasteiger partial charge is 0.270 e. The van der Waals surface area contributed by atoms with Crippen molar-refractivity contribution < 1.29 is 4.79 Å². The van der Waals surface area contributed by atoms with Gasteiger partial charge in [0.1, 0.15) is 0 Å². The van der Waals surface area contributed by atoms with Crippen molar-refractivity contribution >= 4 is 22.8 Å². The third-order valence-electron chi connectivity index (χ3n) is 2.80. The highest BCUT2D eigenvalue weighted by atomic mass is 16.1. The fraction of sp³-hybridized carbons (Fsp3) is 0.0833. The van der Waals surface area contributed by atoms with Crippen molar-refractivity contribution in [2.75, 3.05) is 5.32 Å². The maximum atomic E-state index is 12.2. The number of aromatic amines is 1. The molecule has 0 atom stereocenters. The SMILES string of the molecule is Cc1ccc(C(=O)Nc2nn[nH]n2)c2ncccc12. The highest BCUT2D eigenvalue weighted by molar-refractivity contribution is 6.11. The normalized spacial score (nSPS) is 10.6. The van der Waals surface area contributed by atoms with Gasteiger partial charge in [0.2, 0.25) is 0 Å². The van der Waals surface area contributed by atoms with Crippen LogP contribution in [0.25, 0.3) is 10.9 Å². The molecular formula is C12H10N6O. The van der Waals surface area contributed by atoms with Gasteiger partial charge in [-0.3, -0.25) is 15.1 Å². The number of anilines is 1. The van der Waals surface area contributed by atoms with Crippen LogP contribution in [0, 0.1) is 6.92 Å². The molecule has 0 saturated carbocycles. The Kier molecular flexibility index (Phi) is 2.64. The van der Waals surface area contributed by atoms with Crippen molar-refractivity contribution in [1.29, 1.82) is 0 Å². The van der Waals surface area contributed by atoms with E-state index >= 15 is 0 Å². The van der Waals surface area contributed by atoms with E-state index in [1.807, 2.05) is 25.1 Å². The Morgan fingerprint density at radius 3 is 3.00 bits per heavy atom. The zero-order valence-corrected chi connectivity index (χ0v) is 10.1. The molecule has 2 N–H and O–H groups in total. The maximum absolute atomic E-state index is 12.2. The van der Waals surface area contributed by atoms with E-state index in [9.17, 15) is 4.79 Å². The van der Waals surface area contributed by atoms with Crippen LogP contribution in [0.3, 0.4) is 0 Å². The van der Waals surface area contributed by atoms with Crippen LogP contribution in [0.4, 0.5) is 5.95 Å². The molecule has 0 radical (unpaired) electrons. The second-order valence-electron chi connectivity index (χ2n) is 4.02. The molecule has 2 heterocycles. The lowest BCUT2D eigenvalue weighted by Gasteiger charge is -2.06. The quantitative estimate of drug-likeness (QED) is 0.718. The third-order valence-corrected chi connectivity index (χ3v) is 2.80. The Morgan fingerprint density at radius 1 is 1.32 bits per heavy atom. The molecule has 3 rings (SSSR count). The summed E-state index contributed by atoms with van der Waals surface area (Å²) in [6, 6.07) is 7.40. The topological polar surface area (TPSA) is 96.5 Å². The van der Waals surface area contributed by atoms with E-state index in [-0.39, 0.29) is 11.9 Å². The number of aromatic nitrogens is 5. The van der Waals surface area contributed by atoms with Crippen LogP contribution in [0.5, 0.6) is 0 Å². The molecule has 0 saturated heterocycles. The van der Waals surface area contributed by atoms with E-state index in [0.717, 1.165) is 10.9 Å². The van der Waals surface area contributed by atoms with Gasteiger partial charge < -0.3 is 0 Å². The third kappa shape index (κ3) is 2.01. The van der Waals surface area contributed by atoms with Gasteiger partial charge in [-0.1, -0.05) is 17.2 Å². The van der Waals surface area contributed by atoms with Gasteiger partial charge in [-0.25, -0.2) is 0 Å². The first-order chi connectivity index (χ1) is 9.25. The summed E-state index contributed by atoms with van der Waals surface area (Å²) in [6.07, 6.45) is 1.66. The number of nitrogens with one attached hydrogen (secondary N) is 2. The van der Waals surface area contributed by atoms with Crippen molar-refractivity contribution in [2.24, 2.45) is 0 Å². The lowest BCUT2D eigenvalue weighted by molar-refractivity contribution is 0.102. The van der Waals surface area contributed by atoms with Gasteiger partial charge in [0.05, 0.1) is 11.1 Å². The molecule has 0 spiro atoms. The number of fused-ring (bicyclic) bond motifs is 1. The fourth-order valence-corrected chi connectivity index (χ4v) is 1.88. The lowest BCUT2D eigenvalue weighted by Crippen LogP contribution is -2.14. The summed E-state index contributed by atoms with van der Waals surface area (Å²) in [7, 11) is 0. The molecule has 0 aliphatic heterocycles. The van der Waals surface area contributed by atoms with E-state index in [1.165, 1.54) is 0 Å². The predicted molar refractivity (Wildman–Crippen MR) is 68.6 cm³/mol. The number of carbonyl (C=O) groups excluding carboxylic acids is 1. The first kappa shape index (κ1) is 11.3. The average molecular weight is 254 g/mol. The number of pyridine rings is 1. The van der Waals surface area contributed by atoms with Crippen LogP contribution in [-0.4, -0.2) is 31.5 Å². The molecule has 7 nitrogen and oxygen atoms in total. The van der Waals surface area contributed by atoms with Gasteiger partial charge >= 0.3 is 0 Å². The molecule has 1 aromatic carbocycles. The van der Waals surface area contributed by atoms with Crippen LogP contribution in [0.2, 0.25) is 0 Å². The second kappa shape index (κ2) is 4.45. The Balaban J connectivity index is 2.05. The Morgan fingerprint density at radius 2 is 2.21 bits per heavy atom. The molecule has 0 unspecified atom stereocenters. The van der Waals surface area contributed by atoms with E-state index in [1.54, 1.807) is 12.3 Å². The van der Waals surface area contributed by atoms with Crippen molar-refractivity contribution in [3.8, 4) is 0 Å². The number of hydrogen-bond acceptors (Lipinski definition) is 5. The number of benzene rings is 1. The highest BCUT2D eigenvalue weighted by Gasteiger charge is 2.13. The van der Waals surface area contributed by atoms with E-state index < -0.39 is 0 Å². The average Bonchev–Trinajstić information content (AvgIpc) is 2.92. The van der Waals surface area contributed by atoms with Crippen LogP contribution in [0.15, 0.2) is 30.5 Å². The molecule has 0 fully saturated rings. The van der Waals surface area contributed by atoms with Crippen LogP contribution >= 0.6 is 0 Å². The summed E-state index contributed by atoms with van der Waals surface area (Å²) in [4.78, 5) is 16.4. The van der Waals surface area contributed by atoms with Gasteiger partial charge in [0.15, 0.2) is 0 Å². The standard InChI is InChI=1S/C12H10N6O/c1-7-4-5-9(10-8(7)3-2-6-13-10)11(19)14-12-15-17-18-16-12/h2-6H,1H3,(H2,14,15,16,17,18,19). The lowest BCUT2D eigenvalue weighted by atomic mass is 10.0. The Bertz CT molecular complexity index is 737. The van der Waals surface area contributed by atoms with E-state index in [0.29, 0.717) is 11.1 Å². The summed E-state index contributed by atoms with van der Waals surface area (Å²) in [6.45, 7) is 1.98. The van der Waals surface area contributed by atoms with Gasteiger partial charge in [-0.05, 0) is 29.8 Å². The van der Waals surface area contributed by atoms with Crippen LogP contribution in [0.1, 0.15) is 15.9 Å². The number of amides is 1. The molecule has 2 aromatic heterocycles. The summed E-state index contributed by atoms with van der Waals surface area (Å²) in [5, 5.41) is 16.5. The maximum Gasteiger partial charge on any atom is 0.270 e. The number of nitrogens with zero attached hydrogens (tertiary/aromatic N) is 4. The molecule has 0 aliphatic carbocycles. The van der Waals surface area contributed by atoms with Gasteiger partial charge in [-0.15, -0.1) is 5.10 Å². The highest BCUT2D eigenvalue weighted by Crippen LogP contribution is 2.20. The largest absolute Gasteiger partial charge is 0.288 e. The zero-order chi connectivity index (χ0) is 13.2. The Hall–Kier alpha value is -2.83. The molecule has 1 amide bonds. The first-order valence-corrected chi connectivity index (χ1v) is 5.65. The van der Waals surface area contributed by atoms with Crippen molar-refractivity contribution in [3.05, 3.63) is 41.6 Å². The molecule has 94 valence electrons. The number of carbonyl (C=O) groups is 1. The first-order valence-electron chi connectivity index (χ1n) is 5.65. The molecule has 7 heteroatoms. The molecular weight excluding hydrogens is 244 g/mol. The number of aryl methyl sites for hydroxylation is 1.